The minimum absolute atomic E-state index is 0.0250. The van der Waals surface area contributed by atoms with E-state index >= 15 is 0 Å². The maximum Gasteiger partial charge on any atom is 0.193 e. The first-order valence-electron chi connectivity index (χ1n) is 12.2. The monoisotopic (exact) mass is 464 g/mol. The van der Waals surface area contributed by atoms with Crippen molar-refractivity contribution in [3.63, 3.8) is 0 Å². The molecular formula is C31H32N2O2. The first-order valence-corrected chi connectivity index (χ1v) is 12.2. The Morgan fingerprint density at radius 2 is 1.77 bits per heavy atom. The van der Waals surface area contributed by atoms with E-state index in [9.17, 15) is 4.79 Å². The number of aryl methyl sites for hydroxylation is 2. The molecule has 0 radical (unpaired) electrons. The van der Waals surface area contributed by atoms with Gasteiger partial charge in [0.2, 0.25) is 0 Å². The van der Waals surface area contributed by atoms with E-state index in [2.05, 4.69) is 74.8 Å². The fourth-order valence-electron chi connectivity index (χ4n) is 5.03. The van der Waals surface area contributed by atoms with Crippen molar-refractivity contribution in [1.29, 1.82) is 0 Å². The maximum absolute atomic E-state index is 13.2. The molecule has 4 nitrogen and oxygen atoms in total. The lowest BCUT2D eigenvalue weighted by atomic mass is 9.99. The second-order valence-corrected chi connectivity index (χ2v) is 9.93. The molecule has 178 valence electrons. The van der Waals surface area contributed by atoms with Crippen molar-refractivity contribution in [2.24, 2.45) is 0 Å². The molecule has 1 unspecified atom stereocenters. The van der Waals surface area contributed by atoms with Gasteiger partial charge >= 0.3 is 0 Å². The summed E-state index contributed by atoms with van der Waals surface area (Å²) in [6.45, 7) is 15.7. The number of hydrogen-bond acceptors (Lipinski definition) is 4. The highest BCUT2D eigenvalue weighted by molar-refractivity contribution is 5.84. The first-order chi connectivity index (χ1) is 16.7. The van der Waals surface area contributed by atoms with Gasteiger partial charge < -0.3 is 14.6 Å². The number of fused-ring (bicyclic) bond motifs is 2. The third-order valence-electron chi connectivity index (χ3n) is 7.00. The third kappa shape index (κ3) is 4.14. The summed E-state index contributed by atoms with van der Waals surface area (Å²) in [5, 5.41) is 4.22. The molecular weight excluding hydrogens is 432 g/mol. The second kappa shape index (κ2) is 8.77. The van der Waals surface area contributed by atoms with E-state index in [1.165, 1.54) is 11.1 Å². The lowest BCUT2D eigenvalue weighted by molar-refractivity contribution is 0.339. The van der Waals surface area contributed by atoms with E-state index < -0.39 is 0 Å². The molecule has 0 aliphatic carbocycles. The topological polar surface area (TPSA) is 45.5 Å². The highest BCUT2D eigenvalue weighted by atomic mass is 16.3. The smallest absolute Gasteiger partial charge is 0.193 e. The highest BCUT2D eigenvalue weighted by Gasteiger charge is 2.25. The van der Waals surface area contributed by atoms with E-state index in [-0.39, 0.29) is 11.5 Å². The van der Waals surface area contributed by atoms with Crippen LogP contribution in [0.15, 0.2) is 76.5 Å². The van der Waals surface area contributed by atoms with Crippen LogP contribution >= 0.6 is 0 Å². The van der Waals surface area contributed by atoms with E-state index in [4.69, 9.17) is 4.42 Å². The van der Waals surface area contributed by atoms with Crippen LogP contribution in [0.5, 0.6) is 0 Å². The van der Waals surface area contributed by atoms with Gasteiger partial charge in [0.25, 0.3) is 0 Å². The van der Waals surface area contributed by atoms with Crippen LogP contribution in [0, 0.1) is 13.8 Å². The summed E-state index contributed by atoms with van der Waals surface area (Å²) in [4.78, 5) is 15.5. The molecule has 0 amide bonds. The second-order valence-electron chi connectivity index (χ2n) is 9.93. The lowest BCUT2D eigenvalue weighted by Crippen LogP contribution is -2.23. The van der Waals surface area contributed by atoms with Gasteiger partial charge in [-0.2, -0.15) is 0 Å². The minimum atomic E-state index is -0.0418. The fraction of sp³-hybridized carbons (Fsp3) is 0.258. The van der Waals surface area contributed by atoms with Crippen LogP contribution < -0.4 is 10.7 Å². The summed E-state index contributed by atoms with van der Waals surface area (Å²) < 4.78 is 6.49. The summed E-state index contributed by atoms with van der Waals surface area (Å²) in [6, 6.07) is 20.5. The molecule has 0 saturated carbocycles. The molecule has 1 aliphatic rings. The van der Waals surface area contributed by atoms with Crippen molar-refractivity contribution in [2.45, 2.75) is 53.2 Å². The summed E-state index contributed by atoms with van der Waals surface area (Å²) in [7, 11) is 0. The number of para-hydroxylation sites is 1. The molecule has 0 fully saturated rings. The number of rotatable bonds is 5. The third-order valence-corrected chi connectivity index (χ3v) is 7.00. The summed E-state index contributed by atoms with van der Waals surface area (Å²) >= 11 is 0. The Morgan fingerprint density at radius 1 is 1.00 bits per heavy atom. The predicted octanol–water partition coefficient (Wildman–Crippen LogP) is 7.44. The number of benzene rings is 3. The predicted molar refractivity (Wildman–Crippen MR) is 146 cm³/mol. The summed E-state index contributed by atoms with van der Waals surface area (Å²) in [5.41, 5.74) is 9.21. The first kappa shape index (κ1) is 23.0. The van der Waals surface area contributed by atoms with Crippen molar-refractivity contribution < 1.29 is 4.42 Å². The maximum atomic E-state index is 13.2. The molecule has 0 spiro atoms. The average Bonchev–Trinajstić information content (AvgIpc) is 3.16. The highest BCUT2D eigenvalue weighted by Crippen LogP contribution is 2.37. The molecule has 0 bridgehead atoms. The minimum Gasteiger partial charge on any atom is -0.455 e. The van der Waals surface area contributed by atoms with Gasteiger partial charge in [-0.25, -0.2) is 0 Å². The quantitative estimate of drug-likeness (QED) is 0.333. The van der Waals surface area contributed by atoms with Crippen LogP contribution in [0.4, 0.5) is 5.69 Å². The van der Waals surface area contributed by atoms with E-state index in [0.29, 0.717) is 22.8 Å². The molecule has 1 atom stereocenters. The van der Waals surface area contributed by atoms with Crippen LogP contribution in [0.3, 0.4) is 0 Å². The van der Waals surface area contributed by atoms with Gasteiger partial charge in [-0.1, -0.05) is 43.0 Å². The Kier molecular flexibility index (Phi) is 5.76. The van der Waals surface area contributed by atoms with Gasteiger partial charge in [0.1, 0.15) is 11.3 Å². The van der Waals surface area contributed by atoms with Crippen LogP contribution in [-0.2, 0) is 6.54 Å². The standard InChI is InChI=1S/C31H32N2O2/c1-18(2)33-17-24-15-23(11-12-25(24)22(33)6)30-16-29(34)27-14-19(3)13-26(31(27)35-30)21(5)32-28-10-8-7-9-20(28)4/h7-16,18,21,32H,6,17H2,1-5H3. The van der Waals surface area contributed by atoms with Gasteiger partial charge in [-0.05, 0) is 69.5 Å². The Bertz CT molecular complexity index is 1510. The van der Waals surface area contributed by atoms with Gasteiger partial charge in [0, 0.05) is 46.7 Å². The Labute approximate surface area is 206 Å². The molecule has 4 heteroatoms. The average molecular weight is 465 g/mol. The number of nitrogens with one attached hydrogen (secondary N) is 1. The molecule has 1 aliphatic heterocycles. The number of anilines is 1. The van der Waals surface area contributed by atoms with Crippen molar-refractivity contribution in [1.82, 2.24) is 4.90 Å². The molecule has 3 aromatic carbocycles. The molecule has 0 saturated heterocycles. The van der Waals surface area contributed by atoms with Crippen LogP contribution in [0.2, 0.25) is 0 Å². The van der Waals surface area contributed by atoms with Crippen molar-refractivity contribution in [3.05, 3.63) is 105 Å². The zero-order valence-corrected chi connectivity index (χ0v) is 21.1. The number of nitrogens with zero attached hydrogens (tertiary/aromatic N) is 1. The van der Waals surface area contributed by atoms with Crippen LogP contribution in [0.25, 0.3) is 28.0 Å². The lowest BCUT2D eigenvalue weighted by Gasteiger charge is -2.23. The normalized spacial score (nSPS) is 14.0. The van der Waals surface area contributed by atoms with E-state index in [1.54, 1.807) is 6.07 Å². The SMILES string of the molecule is C=C1c2ccc(-c3cc(=O)c4cc(C)cc(C(C)Nc5ccccc5C)c4o3)cc2CN1C(C)C. The zero-order valence-electron chi connectivity index (χ0n) is 21.1. The zero-order chi connectivity index (χ0) is 24.9. The van der Waals surface area contributed by atoms with Gasteiger partial charge in [-0.15, -0.1) is 0 Å². The molecule has 5 rings (SSSR count). The van der Waals surface area contributed by atoms with Crippen molar-refractivity contribution in [2.75, 3.05) is 5.32 Å². The van der Waals surface area contributed by atoms with Crippen molar-refractivity contribution >= 4 is 22.4 Å². The van der Waals surface area contributed by atoms with Gasteiger partial charge in [0.05, 0.1) is 11.4 Å². The summed E-state index contributed by atoms with van der Waals surface area (Å²) in [6.07, 6.45) is 0. The van der Waals surface area contributed by atoms with Crippen LogP contribution in [0.1, 0.15) is 54.6 Å². The van der Waals surface area contributed by atoms with Crippen LogP contribution in [-0.4, -0.2) is 10.9 Å². The molecule has 35 heavy (non-hydrogen) atoms. The number of hydrogen-bond donors (Lipinski definition) is 1. The largest absolute Gasteiger partial charge is 0.455 e. The fourth-order valence-corrected chi connectivity index (χ4v) is 5.03. The Balaban J connectivity index is 1.59. The van der Waals surface area contributed by atoms with Crippen molar-refractivity contribution in [3.8, 4) is 11.3 Å². The molecule has 1 N–H and O–H groups in total. The van der Waals surface area contributed by atoms with Gasteiger partial charge in [0.15, 0.2) is 5.43 Å². The van der Waals surface area contributed by atoms with E-state index in [1.807, 2.05) is 31.2 Å². The molecule has 1 aromatic heterocycles. The molecule has 2 heterocycles. The Hall–Kier alpha value is -3.79. The summed E-state index contributed by atoms with van der Waals surface area (Å²) in [5.74, 6) is 0.590. The Morgan fingerprint density at radius 3 is 2.51 bits per heavy atom. The van der Waals surface area contributed by atoms with E-state index in [0.717, 1.165) is 40.2 Å². The molecule has 4 aromatic rings. The van der Waals surface area contributed by atoms with Gasteiger partial charge in [-0.3, -0.25) is 4.79 Å².